The van der Waals surface area contributed by atoms with E-state index in [2.05, 4.69) is 36.1 Å². The molecule has 136 valence electrons. The molecule has 1 aromatic carbocycles. The maximum absolute atomic E-state index is 12.9. The van der Waals surface area contributed by atoms with Crippen molar-refractivity contribution in [2.45, 2.75) is 39.2 Å². The molecule has 2 heterocycles. The Hall–Kier alpha value is -1.88. The highest BCUT2D eigenvalue weighted by atomic mass is 16.2. The van der Waals surface area contributed by atoms with E-state index in [0.29, 0.717) is 25.9 Å². The zero-order chi connectivity index (χ0) is 17.8. The van der Waals surface area contributed by atoms with Crippen LogP contribution in [0, 0.1) is 18.8 Å². The number of amides is 2. The predicted molar refractivity (Wildman–Crippen MR) is 97.7 cm³/mol. The third-order valence-corrected chi connectivity index (χ3v) is 5.55. The molecule has 1 unspecified atom stereocenters. The van der Waals surface area contributed by atoms with E-state index in [-0.39, 0.29) is 23.7 Å². The number of benzene rings is 1. The number of carbonyl (C=O) groups is 2. The lowest BCUT2D eigenvalue weighted by Gasteiger charge is -2.37. The number of hydrogen-bond acceptors (Lipinski definition) is 3. The fourth-order valence-electron chi connectivity index (χ4n) is 4.11. The molecule has 1 atom stereocenters. The molecule has 0 radical (unpaired) electrons. The van der Waals surface area contributed by atoms with E-state index in [1.54, 1.807) is 0 Å². The molecule has 0 spiro atoms. The number of primary amides is 1. The van der Waals surface area contributed by atoms with Crippen molar-refractivity contribution in [2.24, 2.45) is 17.6 Å². The molecule has 0 saturated carbocycles. The molecule has 2 aliphatic heterocycles. The Morgan fingerprint density at radius 2 is 1.88 bits per heavy atom. The fraction of sp³-hybridized carbons (Fsp3) is 0.600. The van der Waals surface area contributed by atoms with Crippen LogP contribution in [-0.4, -0.2) is 47.8 Å². The number of rotatable bonds is 4. The summed E-state index contributed by atoms with van der Waals surface area (Å²) in [5.41, 5.74) is 7.98. The number of aryl methyl sites for hydroxylation is 1. The Kier molecular flexibility index (Phi) is 5.74. The van der Waals surface area contributed by atoms with Gasteiger partial charge in [0.05, 0.1) is 5.92 Å². The second kappa shape index (κ2) is 8.00. The Labute approximate surface area is 150 Å². The van der Waals surface area contributed by atoms with Gasteiger partial charge in [0.2, 0.25) is 11.8 Å². The average Bonchev–Trinajstić information content (AvgIpc) is 2.61. The van der Waals surface area contributed by atoms with Gasteiger partial charge in [0, 0.05) is 32.1 Å². The van der Waals surface area contributed by atoms with Crippen LogP contribution >= 0.6 is 0 Å². The summed E-state index contributed by atoms with van der Waals surface area (Å²) in [5, 5.41) is 0. The lowest BCUT2D eigenvalue weighted by atomic mass is 9.92. The monoisotopic (exact) mass is 343 g/mol. The highest BCUT2D eigenvalue weighted by Crippen LogP contribution is 2.24. The first-order valence-electron chi connectivity index (χ1n) is 9.39. The highest BCUT2D eigenvalue weighted by Gasteiger charge is 2.32. The molecule has 0 aliphatic carbocycles. The number of hydrogen-bond donors (Lipinski definition) is 1. The van der Waals surface area contributed by atoms with Crippen LogP contribution in [0.2, 0.25) is 0 Å². The summed E-state index contributed by atoms with van der Waals surface area (Å²) in [6.07, 6.45) is 3.46. The van der Waals surface area contributed by atoms with E-state index in [4.69, 9.17) is 5.73 Å². The third kappa shape index (κ3) is 4.60. The van der Waals surface area contributed by atoms with Crippen molar-refractivity contribution in [1.82, 2.24) is 9.80 Å². The summed E-state index contributed by atoms with van der Waals surface area (Å²) in [6, 6.07) is 8.59. The van der Waals surface area contributed by atoms with Crippen molar-refractivity contribution in [3.8, 4) is 0 Å². The molecule has 2 N–H and O–H groups in total. The van der Waals surface area contributed by atoms with Crippen LogP contribution in [0.25, 0.3) is 0 Å². The van der Waals surface area contributed by atoms with Crippen LogP contribution in [-0.2, 0) is 16.1 Å². The minimum absolute atomic E-state index is 0.0618. The molecule has 0 aromatic heterocycles. The van der Waals surface area contributed by atoms with E-state index >= 15 is 0 Å². The number of nitrogens with zero attached hydrogens (tertiary/aromatic N) is 2. The summed E-state index contributed by atoms with van der Waals surface area (Å²) < 4.78 is 0. The van der Waals surface area contributed by atoms with Gasteiger partial charge in [-0.1, -0.05) is 29.8 Å². The lowest BCUT2D eigenvalue weighted by molar-refractivity contribution is -0.140. The zero-order valence-corrected chi connectivity index (χ0v) is 15.1. The highest BCUT2D eigenvalue weighted by molar-refractivity contribution is 5.80. The minimum Gasteiger partial charge on any atom is -0.369 e. The molecule has 3 rings (SSSR count). The van der Waals surface area contributed by atoms with E-state index in [0.717, 1.165) is 32.5 Å². The standard InChI is InChI=1S/C20H29N3O2/c1-15-4-2-5-16(12-15)13-22-9-3-6-18(14-22)20(25)23-10-7-17(8-11-23)19(21)24/h2,4-5,12,17-18H,3,6-11,13-14H2,1H3,(H2,21,24). The third-order valence-electron chi connectivity index (χ3n) is 5.55. The van der Waals surface area contributed by atoms with Gasteiger partial charge in [0.15, 0.2) is 0 Å². The van der Waals surface area contributed by atoms with E-state index in [1.807, 2.05) is 4.90 Å². The van der Waals surface area contributed by atoms with Gasteiger partial charge >= 0.3 is 0 Å². The van der Waals surface area contributed by atoms with Gasteiger partial charge in [-0.25, -0.2) is 0 Å². The van der Waals surface area contributed by atoms with Gasteiger partial charge in [-0.3, -0.25) is 14.5 Å². The van der Waals surface area contributed by atoms with Crippen molar-refractivity contribution in [3.63, 3.8) is 0 Å². The normalized spacial score (nSPS) is 22.8. The molecule has 5 heteroatoms. The van der Waals surface area contributed by atoms with Crippen LogP contribution in [0.15, 0.2) is 24.3 Å². The topological polar surface area (TPSA) is 66.6 Å². The number of nitrogens with two attached hydrogens (primary N) is 1. The smallest absolute Gasteiger partial charge is 0.226 e. The maximum Gasteiger partial charge on any atom is 0.226 e. The maximum atomic E-state index is 12.9. The summed E-state index contributed by atoms with van der Waals surface area (Å²) in [7, 11) is 0. The van der Waals surface area contributed by atoms with Crippen LogP contribution in [0.5, 0.6) is 0 Å². The van der Waals surface area contributed by atoms with Crippen LogP contribution < -0.4 is 5.73 Å². The fourth-order valence-corrected chi connectivity index (χ4v) is 4.11. The number of piperidine rings is 2. The van der Waals surface area contributed by atoms with Gasteiger partial charge in [-0.15, -0.1) is 0 Å². The van der Waals surface area contributed by atoms with Crippen molar-refractivity contribution < 1.29 is 9.59 Å². The van der Waals surface area contributed by atoms with Crippen LogP contribution in [0.3, 0.4) is 0 Å². The summed E-state index contributed by atoms with van der Waals surface area (Å²) in [5.74, 6) is 0.0582. The van der Waals surface area contributed by atoms with Gasteiger partial charge < -0.3 is 10.6 Å². The Balaban J connectivity index is 1.54. The van der Waals surface area contributed by atoms with E-state index in [9.17, 15) is 9.59 Å². The van der Waals surface area contributed by atoms with Crippen molar-refractivity contribution >= 4 is 11.8 Å². The van der Waals surface area contributed by atoms with Gasteiger partial charge in [0.25, 0.3) is 0 Å². The molecule has 2 fully saturated rings. The average molecular weight is 343 g/mol. The first kappa shape index (κ1) is 17.9. The molecule has 0 bridgehead atoms. The van der Waals surface area contributed by atoms with E-state index < -0.39 is 0 Å². The van der Waals surface area contributed by atoms with Gasteiger partial charge in [-0.2, -0.15) is 0 Å². The van der Waals surface area contributed by atoms with Crippen LogP contribution in [0.4, 0.5) is 0 Å². The SMILES string of the molecule is Cc1cccc(CN2CCCC(C(=O)N3CCC(C(N)=O)CC3)C2)c1. The summed E-state index contributed by atoms with van der Waals surface area (Å²) in [6.45, 7) is 6.25. The molecule has 2 aliphatic rings. The second-order valence-electron chi connectivity index (χ2n) is 7.57. The van der Waals surface area contributed by atoms with E-state index in [1.165, 1.54) is 11.1 Å². The molecular weight excluding hydrogens is 314 g/mol. The molecule has 5 nitrogen and oxygen atoms in total. The van der Waals surface area contributed by atoms with Crippen molar-refractivity contribution in [3.05, 3.63) is 35.4 Å². The first-order chi connectivity index (χ1) is 12.0. The molecular formula is C20H29N3O2. The zero-order valence-electron chi connectivity index (χ0n) is 15.1. The Morgan fingerprint density at radius 3 is 2.56 bits per heavy atom. The molecule has 2 amide bonds. The molecule has 2 saturated heterocycles. The lowest BCUT2D eigenvalue weighted by Crippen LogP contribution is -2.48. The van der Waals surface area contributed by atoms with Crippen LogP contribution in [0.1, 0.15) is 36.8 Å². The second-order valence-corrected chi connectivity index (χ2v) is 7.57. The first-order valence-corrected chi connectivity index (χ1v) is 9.39. The number of carbonyl (C=O) groups excluding carboxylic acids is 2. The number of likely N-dealkylation sites (tertiary alicyclic amines) is 2. The summed E-state index contributed by atoms with van der Waals surface area (Å²) >= 11 is 0. The largest absolute Gasteiger partial charge is 0.369 e. The van der Waals surface area contributed by atoms with Gasteiger partial charge in [0.1, 0.15) is 0 Å². The predicted octanol–water partition coefficient (Wildman–Crippen LogP) is 1.93. The Morgan fingerprint density at radius 1 is 1.12 bits per heavy atom. The summed E-state index contributed by atoms with van der Waals surface area (Å²) in [4.78, 5) is 28.5. The van der Waals surface area contributed by atoms with Gasteiger partial charge in [-0.05, 0) is 44.7 Å². The molecule has 1 aromatic rings. The Bertz CT molecular complexity index is 623. The quantitative estimate of drug-likeness (QED) is 0.908. The minimum atomic E-state index is -0.228. The van der Waals surface area contributed by atoms with Crippen molar-refractivity contribution in [1.29, 1.82) is 0 Å². The molecule has 25 heavy (non-hydrogen) atoms. The van der Waals surface area contributed by atoms with Crippen molar-refractivity contribution in [2.75, 3.05) is 26.2 Å².